The molecular weight excluding hydrogens is 256 g/mol. The van der Waals surface area contributed by atoms with E-state index in [9.17, 15) is 0 Å². The Balaban J connectivity index is 2.14. The fourth-order valence-electron chi connectivity index (χ4n) is 2.45. The minimum absolute atomic E-state index is 0.694. The SMILES string of the molecule is COCCCN(CCOC)c1ncnc2c1CNCC2. The van der Waals surface area contributed by atoms with Crippen molar-refractivity contribution in [1.29, 1.82) is 0 Å². The summed E-state index contributed by atoms with van der Waals surface area (Å²) < 4.78 is 10.4. The van der Waals surface area contributed by atoms with Crippen molar-refractivity contribution in [2.24, 2.45) is 0 Å². The molecule has 0 aliphatic carbocycles. The van der Waals surface area contributed by atoms with Gasteiger partial charge in [0.05, 0.1) is 12.3 Å². The molecule has 0 amide bonds. The van der Waals surface area contributed by atoms with Crippen LogP contribution in [0, 0.1) is 0 Å². The van der Waals surface area contributed by atoms with Crippen molar-refractivity contribution in [3.8, 4) is 0 Å². The summed E-state index contributed by atoms with van der Waals surface area (Å²) in [6.07, 6.45) is 3.63. The van der Waals surface area contributed by atoms with Crippen molar-refractivity contribution < 1.29 is 9.47 Å². The molecule has 0 aromatic carbocycles. The Bertz CT molecular complexity index is 414. The minimum atomic E-state index is 0.694. The lowest BCUT2D eigenvalue weighted by atomic mass is 10.1. The maximum absolute atomic E-state index is 5.21. The van der Waals surface area contributed by atoms with Crippen LogP contribution < -0.4 is 10.2 Å². The van der Waals surface area contributed by atoms with Gasteiger partial charge in [-0.1, -0.05) is 0 Å². The first-order chi connectivity index (χ1) is 9.86. The second kappa shape index (κ2) is 8.14. The smallest absolute Gasteiger partial charge is 0.136 e. The second-order valence-electron chi connectivity index (χ2n) is 4.88. The molecule has 0 spiro atoms. The molecule has 0 unspecified atom stereocenters. The molecule has 20 heavy (non-hydrogen) atoms. The zero-order valence-corrected chi connectivity index (χ0v) is 12.4. The highest BCUT2D eigenvalue weighted by atomic mass is 16.5. The number of methoxy groups -OCH3 is 2. The molecular formula is C14H24N4O2. The fourth-order valence-corrected chi connectivity index (χ4v) is 2.45. The number of nitrogens with zero attached hydrogens (tertiary/aromatic N) is 3. The molecule has 0 radical (unpaired) electrons. The van der Waals surface area contributed by atoms with Gasteiger partial charge in [-0.25, -0.2) is 9.97 Å². The topological polar surface area (TPSA) is 59.5 Å². The predicted octanol–water partition coefficient (Wildman–Crippen LogP) is 0.612. The average molecular weight is 280 g/mol. The van der Waals surface area contributed by atoms with Crippen molar-refractivity contribution in [2.45, 2.75) is 19.4 Å². The standard InChI is InChI=1S/C14H24N4O2/c1-19-8-3-6-18(7-9-20-2)14-12-10-15-5-4-13(12)16-11-17-14/h11,15H,3-10H2,1-2H3. The van der Waals surface area contributed by atoms with Gasteiger partial charge in [-0.05, 0) is 6.42 Å². The summed E-state index contributed by atoms with van der Waals surface area (Å²) in [6.45, 7) is 5.04. The highest BCUT2D eigenvalue weighted by Crippen LogP contribution is 2.22. The Hall–Kier alpha value is -1.24. The molecule has 0 bridgehead atoms. The largest absolute Gasteiger partial charge is 0.385 e. The molecule has 0 atom stereocenters. The third kappa shape index (κ3) is 3.88. The average Bonchev–Trinajstić information content (AvgIpc) is 2.50. The number of rotatable bonds is 8. The zero-order chi connectivity index (χ0) is 14.2. The monoisotopic (exact) mass is 280 g/mol. The normalized spacial score (nSPS) is 14.1. The van der Waals surface area contributed by atoms with E-state index in [4.69, 9.17) is 9.47 Å². The lowest BCUT2D eigenvalue weighted by Crippen LogP contribution is -2.34. The third-order valence-corrected chi connectivity index (χ3v) is 3.49. The molecule has 6 nitrogen and oxygen atoms in total. The van der Waals surface area contributed by atoms with Gasteiger partial charge in [-0.3, -0.25) is 0 Å². The molecule has 0 saturated heterocycles. The lowest BCUT2D eigenvalue weighted by molar-refractivity contribution is 0.190. The molecule has 6 heteroatoms. The van der Waals surface area contributed by atoms with Crippen LogP contribution in [0.15, 0.2) is 6.33 Å². The van der Waals surface area contributed by atoms with Crippen LogP contribution >= 0.6 is 0 Å². The first kappa shape index (κ1) is 15.2. The number of hydrogen-bond acceptors (Lipinski definition) is 6. The molecule has 0 saturated carbocycles. The Labute approximate surface area is 120 Å². The predicted molar refractivity (Wildman–Crippen MR) is 78.0 cm³/mol. The van der Waals surface area contributed by atoms with Crippen LogP contribution in [0.3, 0.4) is 0 Å². The number of fused-ring (bicyclic) bond motifs is 1. The van der Waals surface area contributed by atoms with E-state index < -0.39 is 0 Å². The number of nitrogens with one attached hydrogen (secondary N) is 1. The Morgan fingerprint density at radius 2 is 2.05 bits per heavy atom. The number of ether oxygens (including phenoxy) is 2. The summed E-state index contributed by atoms with van der Waals surface area (Å²) in [4.78, 5) is 11.2. The van der Waals surface area contributed by atoms with Gasteiger partial charge in [-0.15, -0.1) is 0 Å². The van der Waals surface area contributed by atoms with Crippen molar-refractivity contribution in [3.05, 3.63) is 17.6 Å². The van der Waals surface area contributed by atoms with Crippen LogP contribution in [0.4, 0.5) is 5.82 Å². The molecule has 1 aliphatic heterocycles. The van der Waals surface area contributed by atoms with E-state index in [1.165, 1.54) is 11.3 Å². The number of aromatic nitrogens is 2. The summed E-state index contributed by atoms with van der Waals surface area (Å²) in [5, 5.41) is 3.40. The molecule has 1 aromatic rings. The van der Waals surface area contributed by atoms with Gasteiger partial charge in [0.1, 0.15) is 12.1 Å². The maximum atomic E-state index is 5.21. The minimum Gasteiger partial charge on any atom is -0.385 e. The van der Waals surface area contributed by atoms with Gasteiger partial charge in [0.25, 0.3) is 0 Å². The summed E-state index contributed by atoms with van der Waals surface area (Å²) in [5.41, 5.74) is 2.40. The summed E-state index contributed by atoms with van der Waals surface area (Å²) in [6, 6.07) is 0. The quantitative estimate of drug-likeness (QED) is 0.704. The van der Waals surface area contributed by atoms with Crippen LogP contribution in [0.1, 0.15) is 17.7 Å². The van der Waals surface area contributed by atoms with Crippen molar-refractivity contribution >= 4 is 5.82 Å². The molecule has 2 rings (SSSR count). The molecule has 1 aromatic heterocycles. The van der Waals surface area contributed by atoms with Gasteiger partial charge in [0.2, 0.25) is 0 Å². The van der Waals surface area contributed by atoms with Crippen molar-refractivity contribution in [2.75, 3.05) is 52.0 Å². The third-order valence-electron chi connectivity index (χ3n) is 3.49. The summed E-state index contributed by atoms with van der Waals surface area (Å²) in [5.74, 6) is 1.04. The van der Waals surface area contributed by atoms with Crippen LogP contribution in [-0.2, 0) is 22.4 Å². The highest BCUT2D eigenvalue weighted by Gasteiger charge is 2.19. The molecule has 1 aliphatic rings. The molecule has 2 heterocycles. The zero-order valence-electron chi connectivity index (χ0n) is 12.4. The van der Waals surface area contributed by atoms with Crippen LogP contribution in [0.5, 0.6) is 0 Å². The second-order valence-corrected chi connectivity index (χ2v) is 4.88. The van der Waals surface area contributed by atoms with E-state index in [0.717, 1.165) is 51.4 Å². The van der Waals surface area contributed by atoms with Crippen LogP contribution in [0.25, 0.3) is 0 Å². The Kier molecular flexibility index (Phi) is 6.17. The van der Waals surface area contributed by atoms with Gasteiger partial charge in [0, 0.05) is 59.0 Å². The van der Waals surface area contributed by atoms with Crippen molar-refractivity contribution in [3.63, 3.8) is 0 Å². The number of hydrogen-bond donors (Lipinski definition) is 1. The molecule has 112 valence electrons. The Morgan fingerprint density at radius 1 is 1.20 bits per heavy atom. The number of anilines is 1. The summed E-state index contributed by atoms with van der Waals surface area (Å²) >= 11 is 0. The molecule has 1 N–H and O–H groups in total. The van der Waals surface area contributed by atoms with Crippen molar-refractivity contribution in [1.82, 2.24) is 15.3 Å². The lowest BCUT2D eigenvalue weighted by Gasteiger charge is -2.28. The Morgan fingerprint density at radius 3 is 2.85 bits per heavy atom. The van der Waals surface area contributed by atoms with E-state index in [0.29, 0.717) is 6.61 Å². The van der Waals surface area contributed by atoms with Gasteiger partial charge in [0.15, 0.2) is 0 Å². The molecule has 0 fully saturated rings. The van der Waals surface area contributed by atoms with E-state index in [1.807, 2.05) is 0 Å². The van der Waals surface area contributed by atoms with Crippen LogP contribution in [-0.4, -0.2) is 57.0 Å². The first-order valence-electron chi connectivity index (χ1n) is 7.13. The van der Waals surface area contributed by atoms with Gasteiger partial charge < -0.3 is 19.7 Å². The van der Waals surface area contributed by atoms with Gasteiger partial charge >= 0.3 is 0 Å². The van der Waals surface area contributed by atoms with E-state index >= 15 is 0 Å². The van der Waals surface area contributed by atoms with E-state index in [-0.39, 0.29) is 0 Å². The highest BCUT2D eigenvalue weighted by molar-refractivity contribution is 5.49. The van der Waals surface area contributed by atoms with E-state index in [1.54, 1.807) is 20.5 Å². The maximum Gasteiger partial charge on any atom is 0.136 e. The van der Waals surface area contributed by atoms with Gasteiger partial charge in [-0.2, -0.15) is 0 Å². The summed E-state index contributed by atoms with van der Waals surface area (Å²) in [7, 11) is 3.46. The first-order valence-corrected chi connectivity index (χ1v) is 7.13. The fraction of sp³-hybridized carbons (Fsp3) is 0.714. The van der Waals surface area contributed by atoms with Crippen LogP contribution in [0.2, 0.25) is 0 Å². The van der Waals surface area contributed by atoms with E-state index in [2.05, 4.69) is 20.2 Å².